The summed E-state index contributed by atoms with van der Waals surface area (Å²) in [6.45, 7) is 19.7. The van der Waals surface area contributed by atoms with Crippen LogP contribution in [0, 0.1) is 0 Å². The van der Waals surface area contributed by atoms with Gasteiger partial charge in [0.25, 0.3) is 0 Å². The van der Waals surface area contributed by atoms with Crippen LogP contribution in [0.25, 0.3) is 0 Å². The molecule has 0 aromatic rings. The molecule has 120 valence electrons. The van der Waals surface area contributed by atoms with E-state index in [0.717, 1.165) is 6.42 Å². The second-order valence-corrected chi connectivity index (χ2v) is 20.4. The number of epoxide rings is 1. The zero-order valence-electron chi connectivity index (χ0n) is 14.6. The molecule has 0 saturated carbocycles. The summed E-state index contributed by atoms with van der Waals surface area (Å²) in [6.07, 6.45) is 1.05. The van der Waals surface area contributed by atoms with Crippen LogP contribution in [0.5, 0.6) is 0 Å². The van der Waals surface area contributed by atoms with E-state index in [1.807, 2.05) is 6.92 Å². The van der Waals surface area contributed by atoms with Crippen LogP contribution in [0.15, 0.2) is 0 Å². The lowest BCUT2D eigenvalue weighted by Gasteiger charge is -2.42. The fourth-order valence-electron chi connectivity index (χ4n) is 2.43. The van der Waals surface area contributed by atoms with Gasteiger partial charge in [-0.3, -0.25) is 0 Å². The second-order valence-electron chi connectivity index (χ2n) is 7.69. The van der Waals surface area contributed by atoms with Gasteiger partial charge in [0.15, 0.2) is 22.9 Å². The monoisotopic (exact) mass is 336 g/mol. The Labute approximate surface area is 127 Å². The molecule has 0 amide bonds. The zero-order chi connectivity index (χ0) is 15.8. The minimum Gasteiger partial charge on any atom is -0.435 e. The van der Waals surface area contributed by atoms with E-state index < -0.39 is 25.2 Å². The number of ether oxygens (including phenoxy) is 2. The van der Waals surface area contributed by atoms with Gasteiger partial charge in [0.05, 0.1) is 0 Å². The van der Waals surface area contributed by atoms with Gasteiger partial charge in [0, 0.05) is 0 Å². The zero-order valence-corrected chi connectivity index (χ0v) is 17.6. The summed E-state index contributed by atoms with van der Waals surface area (Å²) in [7, 11) is -5.74. The van der Waals surface area contributed by atoms with E-state index in [4.69, 9.17) is 17.7 Å². The number of rotatable bonds is 8. The minimum atomic E-state index is -2.38. The van der Waals surface area contributed by atoms with E-state index in [-0.39, 0.29) is 18.1 Å². The Bertz CT molecular complexity index is 309. The van der Waals surface area contributed by atoms with E-state index >= 15 is 0 Å². The molecule has 0 N–H and O–H groups in total. The van der Waals surface area contributed by atoms with E-state index in [0.29, 0.717) is 0 Å². The summed E-state index contributed by atoms with van der Waals surface area (Å²) < 4.78 is 24.6. The first-order valence-corrected chi connectivity index (χ1v) is 16.8. The number of hydrogen-bond donors (Lipinski definition) is 0. The van der Waals surface area contributed by atoms with Crippen LogP contribution >= 0.6 is 0 Å². The summed E-state index contributed by atoms with van der Waals surface area (Å²) in [5.74, 6) is 0. The molecule has 0 bridgehead atoms. The topological polar surface area (TPSA) is 40.2 Å². The van der Waals surface area contributed by atoms with Crippen LogP contribution in [0.2, 0.25) is 45.8 Å². The van der Waals surface area contributed by atoms with Crippen molar-refractivity contribution in [2.24, 2.45) is 0 Å². The van der Waals surface area contributed by atoms with Crippen LogP contribution in [0.1, 0.15) is 20.3 Å². The third-order valence-electron chi connectivity index (χ3n) is 2.93. The van der Waals surface area contributed by atoms with E-state index in [2.05, 4.69) is 52.8 Å². The summed E-state index contributed by atoms with van der Waals surface area (Å²) in [6, 6.07) is 0. The SMILES string of the molecule is CCC(OC1OC1C)[Si](C)(O[Si](C)(C)C)O[Si](C)(C)C. The molecule has 1 aliphatic heterocycles. The molecule has 1 rings (SSSR count). The Kier molecular flexibility index (Phi) is 5.85. The first-order valence-electron chi connectivity index (χ1n) is 7.57. The molecule has 20 heavy (non-hydrogen) atoms. The molecule has 4 nitrogen and oxygen atoms in total. The van der Waals surface area contributed by atoms with Crippen molar-refractivity contribution in [2.75, 3.05) is 0 Å². The molecule has 7 heteroatoms. The van der Waals surface area contributed by atoms with E-state index in [9.17, 15) is 0 Å². The third-order valence-corrected chi connectivity index (χ3v) is 12.8. The maximum absolute atomic E-state index is 6.53. The van der Waals surface area contributed by atoms with Crippen molar-refractivity contribution in [1.29, 1.82) is 0 Å². The quantitative estimate of drug-likeness (QED) is 0.499. The van der Waals surface area contributed by atoms with Crippen LogP contribution in [0.4, 0.5) is 0 Å². The van der Waals surface area contributed by atoms with Crippen LogP contribution in [-0.4, -0.2) is 43.3 Å². The Morgan fingerprint density at radius 3 is 1.60 bits per heavy atom. The maximum Gasteiger partial charge on any atom is 0.344 e. The highest BCUT2D eigenvalue weighted by Gasteiger charge is 2.50. The standard InChI is InChI=1S/C13H32O4Si3/c1-10-12(15-13-11(2)14-13)20(9,16-18(3,4)5)17-19(6,7)8/h11-13H,10H2,1-9H3. The molecule has 1 heterocycles. The Hall–Kier alpha value is 0.491. The molecule has 1 saturated heterocycles. The van der Waals surface area contributed by atoms with Crippen molar-refractivity contribution in [3.05, 3.63) is 0 Å². The predicted octanol–water partition coefficient (Wildman–Crippen LogP) is 3.84. The summed E-state index contributed by atoms with van der Waals surface area (Å²) in [5, 5.41) is 0. The predicted molar refractivity (Wildman–Crippen MR) is 90.0 cm³/mol. The first kappa shape index (κ1) is 18.5. The summed E-state index contributed by atoms with van der Waals surface area (Å²) in [5.41, 5.74) is 0.0379. The first-order chi connectivity index (χ1) is 8.86. The van der Waals surface area contributed by atoms with Crippen molar-refractivity contribution >= 4 is 25.2 Å². The highest BCUT2D eigenvalue weighted by molar-refractivity contribution is 6.88. The van der Waals surface area contributed by atoms with Crippen LogP contribution < -0.4 is 0 Å². The molecule has 0 aromatic carbocycles. The molecular formula is C13H32O4Si3. The average molecular weight is 337 g/mol. The van der Waals surface area contributed by atoms with Gasteiger partial charge in [-0.25, -0.2) is 0 Å². The van der Waals surface area contributed by atoms with Crippen molar-refractivity contribution in [3.8, 4) is 0 Å². The van der Waals surface area contributed by atoms with Crippen molar-refractivity contribution in [2.45, 2.75) is 84.2 Å². The van der Waals surface area contributed by atoms with Gasteiger partial charge in [-0.15, -0.1) is 0 Å². The Morgan fingerprint density at radius 2 is 1.35 bits per heavy atom. The summed E-state index contributed by atoms with van der Waals surface area (Å²) >= 11 is 0. The fourth-order valence-corrected chi connectivity index (χ4v) is 14.9. The van der Waals surface area contributed by atoms with Crippen LogP contribution in [0.3, 0.4) is 0 Å². The van der Waals surface area contributed by atoms with Crippen molar-refractivity contribution < 1.29 is 17.7 Å². The van der Waals surface area contributed by atoms with Gasteiger partial charge < -0.3 is 17.7 Å². The lowest BCUT2D eigenvalue weighted by atomic mass is 10.5. The Morgan fingerprint density at radius 1 is 0.950 bits per heavy atom. The molecular weight excluding hydrogens is 304 g/mol. The highest BCUT2D eigenvalue weighted by Crippen LogP contribution is 2.32. The van der Waals surface area contributed by atoms with Crippen molar-refractivity contribution in [3.63, 3.8) is 0 Å². The average Bonchev–Trinajstić information content (AvgIpc) is 2.84. The summed E-state index contributed by atoms with van der Waals surface area (Å²) in [4.78, 5) is 0. The molecule has 0 radical (unpaired) electrons. The van der Waals surface area contributed by atoms with Gasteiger partial charge in [0.2, 0.25) is 0 Å². The lowest BCUT2D eigenvalue weighted by molar-refractivity contribution is 0.00730. The molecule has 1 aliphatic rings. The molecule has 0 aliphatic carbocycles. The maximum atomic E-state index is 6.53. The molecule has 3 unspecified atom stereocenters. The molecule has 0 aromatic heterocycles. The molecule has 3 atom stereocenters. The smallest absolute Gasteiger partial charge is 0.344 e. The molecule has 1 fully saturated rings. The molecule has 0 spiro atoms. The van der Waals surface area contributed by atoms with Gasteiger partial charge in [0.1, 0.15) is 11.8 Å². The number of hydrogen-bond acceptors (Lipinski definition) is 4. The van der Waals surface area contributed by atoms with Gasteiger partial charge >= 0.3 is 8.56 Å². The fraction of sp³-hybridized carbons (Fsp3) is 1.00. The van der Waals surface area contributed by atoms with Crippen LogP contribution in [-0.2, 0) is 17.7 Å². The lowest BCUT2D eigenvalue weighted by Crippen LogP contribution is -2.60. The minimum absolute atomic E-state index is 0.0379. The van der Waals surface area contributed by atoms with Crippen molar-refractivity contribution in [1.82, 2.24) is 0 Å². The normalized spacial score (nSPS) is 25.6. The third kappa shape index (κ3) is 6.08. The second kappa shape index (κ2) is 6.31. The highest BCUT2D eigenvalue weighted by atomic mass is 28.5. The van der Waals surface area contributed by atoms with E-state index in [1.165, 1.54) is 0 Å². The van der Waals surface area contributed by atoms with Gasteiger partial charge in [-0.05, 0) is 59.2 Å². The Balaban J connectivity index is 2.87. The van der Waals surface area contributed by atoms with E-state index in [1.54, 1.807) is 0 Å². The largest absolute Gasteiger partial charge is 0.435 e. The van der Waals surface area contributed by atoms with Gasteiger partial charge in [-0.1, -0.05) is 6.92 Å². The van der Waals surface area contributed by atoms with Gasteiger partial charge in [-0.2, -0.15) is 0 Å².